The second-order valence-electron chi connectivity index (χ2n) is 2.50. The lowest BCUT2D eigenvalue weighted by Crippen LogP contribution is -2.19. The highest BCUT2D eigenvalue weighted by Crippen LogP contribution is 2.31. The molecule has 0 N–H and O–H groups in total. The Morgan fingerprint density at radius 1 is 1.40 bits per heavy atom. The molecular weight excluding hydrogens is 284 g/mol. The summed E-state index contributed by atoms with van der Waals surface area (Å²) in [6.45, 7) is 1.73. The van der Waals surface area contributed by atoms with Crippen LogP contribution in [-0.2, 0) is 9.84 Å². The van der Waals surface area contributed by atoms with Crippen molar-refractivity contribution in [1.29, 1.82) is 0 Å². The molecule has 0 aromatic heterocycles. The molecule has 1 saturated heterocycles. The third-order valence-electron chi connectivity index (χ3n) is 1.75. The van der Waals surface area contributed by atoms with Gasteiger partial charge in [0.1, 0.15) is 0 Å². The van der Waals surface area contributed by atoms with Crippen LogP contribution >= 0.6 is 31.9 Å². The van der Waals surface area contributed by atoms with Crippen LogP contribution in [0.2, 0.25) is 0 Å². The molecule has 1 rings (SSSR count). The summed E-state index contributed by atoms with van der Waals surface area (Å²) in [6.07, 6.45) is 0. The average Bonchev–Trinajstić information content (AvgIpc) is 1.95. The second kappa shape index (κ2) is 2.75. The third kappa shape index (κ3) is 1.41. The molecule has 1 aliphatic heterocycles. The largest absolute Gasteiger partial charge is 0.228 e. The molecule has 0 aromatic carbocycles. The van der Waals surface area contributed by atoms with E-state index in [4.69, 9.17) is 0 Å². The van der Waals surface area contributed by atoms with Gasteiger partial charge in [-0.25, -0.2) is 8.42 Å². The minimum atomic E-state index is -2.82. The van der Waals surface area contributed by atoms with Crippen LogP contribution in [0.5, 0.6) is 0 Å². The number of rotatable bonds is 0. The highest BCUT2D eigenvalue weighted by Gasteiger charge is 2.41. The average molecular weight is 292 g/mol. The van der Waals surface area contributed by atoms with Crippen LogP contribution in [0.3, 0.4) is 0 Å². The maximum Gasteiger partial charge on any atom is 0.155 e. The van der Waals surface area contributed by atoms with Crippen LogP contribution in [0.25, 0.3) is 0 Å². The maximum atomic E-state index is 11.1. The maximum absolute atomic E-state index is 11.1. The lowest BCUT2D eigenvalue weighted by molar-refractivity contribution is 0.594. The molecule has 0 radical (unpaired) electrons. The summed E-state index contributed by atoms with van der Waals surface area (Å²) < 4.78 is 22.2. The third-order valence-corrected chi connectivity index (χ3v) is 7.81. The van der Waals surface area contributed by atoms with Gasteiger partial charge in [-0.15, -0.1) is 0 Å². The minimum absolute atomic E-state index is 0.0671. The summed E-state index contributed by atoms with van der Waals surface area (Å²) in [5.74, 6) is 0.254. The molecule has 1 fully saturated rings. The van der Waals surface area contributed by atoms with E-state index in [0.29, 0.717) is 0 Å². The normalized spacial score (nSPS) is 45.7. The Hall–Kier alpha value is 0.910. The Bertz CT molecular complexity index is 224. The van der Waals surface area contributed by atoms with E-state index in [-0.39, 0.29) is 20.7 Å². The van der Waals surface area contributed by atoms with Gasteiger partial charge in [0.05, 0.1) is 11.0 Å². The molecule has 0 aliphatic carbocycles. The van der Waals surface area contributed by atoms with E-state index in [1.54, 1.807) is 6.92 Å². The first kappa shape index (κ1) is 9.00. The van der Waals surface area contributed by atoms with E-state index >= 15 is 0 Å². The number of sulfone groups is 1. The molecule has 1 heterocycles. The molecular formula is C5H8Br2O2S. The molecule has 0 unspecified atom stereocenters. The van der Waals surface area contributed by atoms with Gasteiger partial charge in [-0.05, 0) is 6.92 Å². The summed E-state index contributed by atoms with van der Waals surface area (Å²) in [5.41, 5.74) is 0. The Labute approximate surface area is 77.6 Å². The van der Waals surface area contributed by atoms with Crippen molar-refractivity contribution in [3.63, 3.8) is 0 Å². The van der Waals surface area contributed by atoms with Crippen LogP contribution in [0.1, 0.15) is 6.92 Å². The van der Waals surface area contributed by atoms with Gasteiger partial charge in [-0.1, -0.05) is 31.9 Å². The van der Waals surface area contributed by atoms with Crippen LogP contribution in [0, 0.1) is 0 Å². The Kier molecular flexibility index (Phi) is 2.48. The lowest BCUT2D eigenvalue weighted by Gasteiger charge is -2.06. The fourth-order valence-corrected chi connectivity index (χ4v) is 5.68. The fraction of sp³-hybridized carbons (Fsp3) is 1.00. The van der Waals surface area contributed by atoms with Gasteiger partial charge >= 0.3 is 0 Å². The van der Waals surface area contributed by atoms with Gasteiger partial charge in [-0.3, -0.25) is 0 Å². The first-order valence-electron chi connectivity index (χ1n) is 2.95. The van der Waals surface area contributed by atoms with Crippen molar-refractivity contribution in [2.75, 3.05) is 5.75 Å². The summed E-state index contributed by atoms with van der Waals surface area (Å²) in [6, 6.07) is 0. The van der Waals surface area contributed by atoms with Gasteiger partial charge in [0.15, 0.2) is 9.84 Å². The van der Waals surface area contributed by atoms with Gasteiger partial charge in [0.2, 0.25) is 0 Å². The molecule has 60 valence electrons. The van der Waals surface area contributed by atoms with Gasteiger partial charge in [-0.2, -0.15) is 0 Å². The molecule has 0 amide bonds. The quantitative estimate of drug-likeness (QED) is 0.631. The van der Waals surface area contributed by atoms with Crippen molar-refractivity contribution in [2.45, 2.75) is 21.8 Å². The topological polar surface area (TPSA) is 34.1 Å². The predicted octanol–water partition coefficient (Wildman–Crippen LogP) is 1.33. The summed E-state index contributed by atoms with van der Waals surface area (Å²) >= 11 is 6.61. The summed E-state index contributed by atoms with van der Waals surface area (Å²) in [5, 5.41) is -0.253. The molecule has 2 nitrogen and oxygen atoms in total. The zero-order valence-electron chi connectivity index (χ0n) is 5.42. The van der Waals surface area contributed by atoms with E-state index in [9.17, 15) is 8.42 Å². The molecule has 0 bridgehead atoms. The van der Waals surface area contributed by atoms with E-state index in [2.05, 4.69) is 31.9 Å². The monoisotopic (exact) mass is 290 g/mol. The van der Waals surface area contributed by atoms with Gasteiger partial charge in [0, 0.05) is 9.65 Å². The molecule has 1 aliphatic rings. The van der Waals surface area contributed by atoms with Crippen molar-refractivity contribution in [1.82, 2.24) is 0 Å². The Morgan fingerprint density at radius 3 is 2.00 bits per heavy atom. The van der Waals surface area contributed by atoms with Crippen LogP contribution in [-0.4, -0.2) is 29.1 Å². The molecule has 0 saturated carbocycles. The number of hydrogen-bond acceptors (Lipinski definition) is 2. The Balaban J connectivity index is 2.93. The summed E-state index contributed by atoms with van der Waals surface area (Å²) in [7, 11) is -2.82. The molecule has 3 atom stereocenters. The standard InChI is InChI=1S/C5H8Br2O2S/c1-3-5(7)4(6)2-10(3,8)9/h3-5H,2H2,1H3/t3-,4-,5-/m1/s1. The van der Waals surface area contributed by atoms with Crippen LogP contribution in [0.15, 0.2) is 0 Å². The van der Waals surface area contributed by atoms with Crippen molar-refractivity contribution in [3.05, 3.63) is 0 Å². The fourth-order valence-electron chi connectivity index (χ4n) is 0.958. The van der Waals surface area contributed by atoms with Crippen LogP contribution in [0.4, 0.5) is 0 Å². The van der Waals surface area contributed by atoms with E-state index in [0.717, 1.165) is 0 Å². The number of hydrogen-bond donors (Lipinski definition) is 0. The zero-order valence-corrected chi connectivity index (χ0v) is 9.41. The highest BCUT2D eigenvalue weighted by atomic mass is 79.9. The van der Waals surface area contributed by atoms with Crippen molar-refractivity contribution >= 4 is 41.7 Å². The predicted molar refractivity (Wildman–Crippen MR) is 48.7 cm³/mol. The van der Waals surface area contributed by atoms with E-state index in [1.807, 2.05) is 0 Å². The van der Waals surface area contributed by atoms with Crippen molar-refractivity contribution in [3.8, 4) is 0 Å². The second-order valence-corrected chi connectivity index (χ2v) is 7.13. The van der Waals surface area contributed by atoms with Crippen molar-refractivity contribution < 1.29 is 8.42 Å². The first-order chi connectivity index (χ1) is 4.45. The number of alkyl halides is 2. The SMILES string of the molecule is C[C@@H]1[C@@H](Br)[C@H](Br)CS1(=O)=O. The highest BCUT2D eigenvalue weighted by molar-refractivity contribution is 9.12. The van der Waals surface area contributed by atoms with Crippen LogP contribution < -0.4 is 0 Å². The van der Waals surface area contributed by atoms with E-state index < -0.39 is 9.84 Å². The summed E-state index contributed by atoms with van der Waals surface area (Å²) in [4.78, 5) is 0.144. The lowest BCUT2D eigenvalue weighted by atomic mass is 10.3. The Morgan fingerprint density at radius 2 is 1.90 bits per heavy atom. The first-order valence-corrected chi connectivity index (χ1v) is 6.49. The van der Waals surface area contributed by atoms with Gasteiger partial charge < -0.3 is 0 Å². The molecule has 10 heavy (non-hydrogen) atoms. The minimum Gasteiger partial charge on any atom is -0.228 e. The smallest absolute Gasteiger partial charge is 0.155 e. The molecule has 5 heteroatoms. The zero-order chi connectivity index (χ0) is 7.94. The van der Waals surface area contributed by atoms with Crippen molar-refractivity contribution in [2.24, 2.45) is 0 Å². The molecule has 0 spiro atoms. The van der Waals surface area contributed by atoms with E-state index in [1.165, 1.54) is 0 Å². The molecule has 0 aromatic rings. The number of halogens is 2. The van der Waals surface area contributed by atoms with Gasteiger partial charge in [0.25, 0.3) is 0 Å².